The smallest absolute Gasteiger partial charge is 0.256 e. The monoisotopic (exact) mass is 211 g/mol. The summed E-state index contributed by atoms with van der Waals surface area (Å²) in [5.74, 6) is 1.39. The Balaban J connectivity index is 2.45. The first kappa shape index (κ1) is 12.2. The Labute approximate surface area is 92.7 Å². The summed E-state index contributed by atoms with van der Waals surface area (Å²) in [6.07, 6.45) is 7.68. The lowest BCUT2D eigenvalue weighted by atomic mass is 10.3. The molecule has 1 rings (SSSR count). The van der Waals surface area contributed by atoms with Crippen LogP contribution in [0.3, 0.4) is 0 Å². The van der Waals surface area contributed by atoms with Crippen LogP contribution < -0.4 is 4.57 Å². The van der Waals surface area contributed by atoms with E-state index in [9.17, 15) is 0 Å². The highest BCUT2D eigenvalue weighted by Gasteiger charge is 2.12. The van der Waals surface area contributed by atoms with Crippen molar-refractivity contribution in [3.63, 3.8) is 0 Å². The average Bonchev–Trinajstić information content (AvgIpc) is 2.57. The SMILES string of the molecule is CCCOCCn1cc[n+](C)c1CCC. The van der Waals surface area contributed by atoms with Gasteiger partial charge >= 0.3 is 0 Å². The predicted molar refractivity (Wildman–Crippen MR) is 60.7 cm³/mol. The van der Waals surface area contributed by atoms with Crippen molar-refractivity contribution < 1.29 is 9.30 Å². The summed E-state index contributed by atoms with van der Waals surface area (Å²) in [6, 6.07) is 0. The van der Waals surface area contributed by atoms with E-state index < -0.39 is 0 Å². The molecule has 0 aliphatic rings. The third kappa shape index (κ3) is 3.67. The van der Waals surface area contributed by atoms with Gasteiger partial charge in [0, 0.05) is 13.0 Å². The highest BCUT2D eigenvalue weighted by molar-refractivity contribution is 4.83. The molecule has 0 unspecified atom stereocenters. The van der Waals surface area contributed by atoms with E-state index in [1.165, 1.54) is 12.2 Å². The second kappa shape index (κ2) is 6.62. The maximum absolute atomic E-state index is 5.50. The first-order valence-corrected chi connectivity index (χ1v) is 5.91. The molecule has 0 saturated carbocycles. The Morgan fingerprint density at radius 2 is 2.07 bits per heavy atom. The summed E-state index contributed by atoms with van der Waals surface area (Å²) < 4.78 is 9.99. The Bertz CT molecular complexity index is 281. The van der Waals surface area contributed by atoms with Crippen LogP contribution in [0, 0.1) is 0 Å². The van der Waals surface area contributed by atoms with E-state index in [0.717, 1.165) is 32.6 Å². The molecule has 0 spiro atoms. The van der Waals surface area contributed by atoms with E-state index in [-0.39, 0.29) is 0 Å². The molecule has 0 bridgehead atoms. The van der Waals surface area contributed by atoms with Crippen molar-refractivity contribution >= 4 is 0 Å². The molecule has 1 aromatic rings. The zero-order chi connectivity index (χ0) is 11.1. The summed E-state index contributed by atoms with van der Waals surface area (Å²) >= 11 is 0. The molecule has 0 amide bonds. The van der Waals surface area contributed by atoms with Gasteiger partial charge in [-0.1, -0.05) is 13.8 Å². The Morgan fingerprint density at radius 1 is 1.27 bits per heavy atom. The van der Waals surface area contributed by atoms with Crippen LogP contribution in [0.15, 0.2) is 12.4 Å². The molecule has 0 aliphatic carbocycles. The third-order valence-corrected chi connectivity index (χ3v) is 2.51. The molecule has 0 aliphatic heterocycles. The quantitative estimate of drug-likeness (QED) is 0.496. The van der Waals surface area contributed by atoms with E-state index in [1.807, 2.05) is 0 Å². The zero-order valence-electron chi connectivity index (χ0n) is 10.2. The Kier molecular flexibility index (Phi) is 5.40. The van der Waals surface area contributed by atoms with Crippen LogP contribution in [0.2, 0.25) is 0 Å². The van der Waals surface area contributed by atoms with Gasteiger partial charge in [0.15, 0.2) is 0 Å². The lowest BCUT2D eigenvalue weighted by Crippen LogP contribution is -2.32. The molecule has 0 aromatic carbocycles. The van der Waals surface area contributed by atoms with Crippen LogP contribution in [0.25, 0.3) is 0 Å². The third-order valence-electron chi connectivity index (χ3n) is 2.51. The van der Waals surface area contributed by atoms with Crippen molar-refractivity contribution in [1.29, 1.82) is 0 Å². The highest BCUT2D eigenvalue weighted by atomic mass is 16.5. The number of rotatable bonds is 7. The lowest BCUT2D eigenvalue weighted by Gasteiger charge is -2.03. The fourth-order valence-electron chi connectivity index (χ4n) is 1.71. The van der Waals surface area contributed by atoms with Crippen molar-refractivity contribution in [2.45, 2.75) is 39.7 Å². The minimum absolute atomic E-state index is 0.819. The summed E-state index contributed by atoms with van der Waals surface area (Å²) in [7, 11) is 2.11. The maximum atomic E-state index is 5.50. The molecule has 86 valence electrons. The van der Waals surface area contributed by atoms with Crippen LogP contribution in [0.4, 0.5) is 0 Å². The average molecular weight is 211 g/mol. The van der Waals surface area contributed by atoms with E-state index in [2.05, 4.69) is 42.4 Å². The zero-order valence-corrected chi connectivity index (χ0v) is 10.2. The molecule has 15 heavy (non-hydrogen) atoms. The highest BCUT2D eigenvalue weighted by Crippen LogP contribution is 1.99. The molecule has 1 aromatic heterocycles. The lowest BCUT2D eigenvalue weighted by molar-refractivity contribution is -0.678. The van der Waals surface area contributed by atoms with Crippen molar-refractivity contribution in [3.8, 4) is 0 Å². The van der Waals surface area contributed by atoms with Gasteiger partial charge in [-0.05, 0) is 12.8 Å². The first-order chi connectivity index (χ1) is 7.29. The van der Waals surface area contributed by atoms with E-state index in [0.29, 0.717) is 0 Å². The molecule has 0 saturated heterocycles. The minimum atomic E-state index is 0.819. The van der Waals surface area contributed by atoms with Gasteiger partial charge in [-0.2, -0.15) is 0 Å². The predicted octanol–water partition coefficient (Wildman–Crippen LogP) is 1.69. The number of nitrogens with zero attached hydrogens (tertiary/aromatic N) is 2. The molecule has 0 fully saturated rings. The molecule has 1 heterocycles. The molecular weight excluding hydrogens is 188 g/mol. The Hall–Kier alpha value is -0.830. The fraction of sp³-hybridized carbons (Fsp3) is 0.750. The van der Waals surface area contributed by atoms with Crippen molar-refractivity contribution in [2.24, 2.45) is 7.05 Å². The van der Waals surface area contributed by atoms with Crippen molar-refractivity contribution in [1.82, 2.24) is 4.57 Å². The van der Waals surface area contributed by atoms with Crippen molar-refractivity contribution in [3.05, 3.63) is 18.2 Å². The largest absolute Gasteiger partial charge is 0.377 e. The standard InChI is InChI=1S/C12H23N2O/c1-4-6-12-13(3)7-8-14(12)9-11-15-10-5-2/h7-8H,4-6,9-11H2,1-3H3/q+1. The van der Waals surface area contributed by atoms with Gasteiger partial charge < -0.3 is 4.74 Å². The number of aryl methyl sites for hydroxylation is 1. The van der Waals surface area contributed by atoms with Gasteiger partial charge in [0.05, 0.1) is 13.7 Å². The molecule has 0 N–H and O–H groups in total. The maximum Gasteiger partial charge on any atom is 0.256 e. The summed E-state index contributed by atoms with van der Waals surface area (Å²) in [6.45, 7) is 7.01. The Morgan fingerprint density at radius 3 is 2.73 bits per heavy atom. The second-order valence-electron chi connectivity index (χ2n) is 3.88. The number of hydrogen-bond acceptors (Lipinski definition) is 1. The minimum Gasteiger partial charge on any atom is -0.377 e. The van der Waals surface area contributed by atoms with E-state index in [1.54, 1.807) is 0 Å². The summed E-state index contributed by atoms with van der Waals surface area (Å²) in [5.41, 5.74) is 0. The van der Waals surface area contributed by atoms with E-state index in [4.69, 9.17) is 4.74 Å². The van der Waals surface area contributed by atoms with Gasteiger partial charge in [0.25, 0.3) is 5.82 Å². The number of aromatic nitrogens is 2. The van der Waals surface area contributed by atoms with Gasteiger partial charge in [-0.25, -0.2) is 9.13 Å². The molecular formula is C12H23N2O+. The number of imidazole rings is 1. The van der Waals surface area contributed by atoms with Gasteiger partial charge in [0.2, 0.25) is 0 Å². The van der Waals surface area contributed by atoms with Crippen LogP contribution in [0.5, 0.6) is 0 Å². The molecule has 0 atom stereocenters. The van der Waals surface area contributed by atoms with Gasteiger partial charge in [0.1, 0.15) is 18.9 Å². The topological polar surface area (TPSA) is 18.0 Å². The number of ether oxygens (including phenoxy) is 1. The normalized spacial score (nSPS) is 10.9. The van der Waals surface area contributed by atoms with Crippen LogP contribution in [-0.4, -0.2) is 17.8 Å². The summed E-state index contributed by atoms with van der Waals surface area (Å²) in [5, 5.41) is 0. The second-order valence-corrected chi connectivity index (χ2v) is 3.88. The van der Waals surface area contributed by atoms with E-state index >= 15 is 0 Å². The molecule has 3 heteroatoms. The van der Waals surface area contributed by atoms with Gasteiger partial charge in [-0.15, -0.1) is 0 Å². The van der Waals surface area contributed by atoms with Gasteiger partial charge in [-0.3, -0.25) is 0 Å². The van der Waals surface area contributed by atoms with Crippen LogP contribution in [-0.2, 0) is 24.8 Å². The van der Waals surface area contributed by atoms with Crippen LogP contribution >= 0.6 is 0 Å². The summed E-state index contributed by atoms with van der Waals surface area (Å²) in [4.78, 5) is 0. The first-order valence-electron chi connectivity index (χ1n) is 5.91. The molecule has 0 radical (unpaired) electrons. The fourth-order valence-corrected chi connectivity index (χ4v) is 1.71. The van der Waals surface area contributed by atoms with Crippen molar-refractivity contribution in [2.75, 3.05) is 13.2 Å². The van der Waals surface area contributed by atoms with Crippen LogP contribution in [0.1, 0.15) is 32.5 Å². The number of hydrogen-bond donors (Lipinski definition) is 0. The molecule has 3 nitrogen and oxygen atoms in total.